The molecule has 0 fully saturated rings. The summed E-state index contributed by atoms with van der Waals surface area (Å²) in [6, 6.07) is 0. The smallest absolute Gasteiger partial charge is 0.306 e. The molecular weight excluding hydrogens is 822 g/mol. The molecule has 10 heteroatoms. The van der Waals surface area contributed by atoms with Crippen molar-refractivity contribution in [3.63, 3.8) is 0 Å². The maximum Gasteiger partial charge on any atom is 0.306 e. The lowest BCUT2D eigenvalue weighted by molar-refractivity contribution is -0.870. The van der Waals surface area contributed by atoms with Crippen LogP contribution in [0.25, 0.3) is 0 Å². The highest BCUT2D eigenvalue weighted by atomic mass is 31.2. The number of esters is 2. The highest BCUT2D eigenvalue weighted by Gasteiger charge is 2.21. The van der Waals surface area contributed by atoms with Crippen molar-refractivity contribution in [2.24, 2.45) is 0 Å². The fraction of sp³-hybridized carbons (Fsp3) is 0.704. The summed E-state index contributed by atoms with van der Waals surface area (Å²) in [6.45, 7) is 4.07. The van der Waals surface area contributed by atoms with Crippen molar-refractivity contribution >= 4 is 19.8 Å². The number of phosphoric acid groups is 1. The minimum Gasteiger partial charge on any atom is -0.756 e. The number of hydrogen-bond donors (Lipinski definition) is 0. The molecule has 0 amide bonds. The summed E-state index contributed by atoms with van der Waals surface area (Å²) in [5.41, 5.74) is 0. The van der Waals surface area contributed by atoms with Crippen LogP contribution in [0.5, 0.6) is 0 Å². The number of hydrogen-bond acceptors (Lipinski definition) is 8. The molecule has 0 saturated carbocycles. The molecule has 0 aliphatic carbocycles. The van der Waals surface area contributed by atoms with Gasteiger partial charge in [-0.2, -0.15) is 0 Å². The number of unbranched alkanes of at least 4 members (excludes halogenated alkanes) is 17. The number of carbonyl (C=O) groups excluding carboxylic acids is 2. The van der Waals surface area contributed by atoms with E-state index in [-0.39, 0.29) is 26.1 Å². The van der Waals surface area contributed by atoms with Crippen molar-refractivity contribution < 1.29 is 42.1 Å². The Morgan fingerprint density at radius 3 is 1.33 bits per heavy atom. The number of nitrogens with zero attached hydrogens (tertiary/aromatic N) is 1. The lowest BCUT2D eigenvalue weighted by Crippen LogP contribution is -2.37. The van der Waals surface area contributed by atoms with Gasteiger partial charge in [0.2, 0.25) is 0 Å². The molecule has 0 aromatic heterocycles. The molecule has 0 aliphatic heterocycles. The van der Waals surface area contributed by atoms with Gasteiger partial charge in [0, 0.05) is 12.8 Å². The Morgan fingerprint density at radius 1 is 0.500 bits per heavy atom. The predicted octanol–water partition coefficient (Wildman–Crippen LogP) is 14.5. The standard InChI is InChI=1S/C54H94NO8P/c1-6-8-10-12-14-16-18-20-22-24-26-27-29-30-32-34-36-38-40-42-44-46-53(56)60-50-52(51-62-64(58,59)61-49-48-55(3,4)5)63-54(57)47-45-43-41-39-37-35-33-31-28-25-23-21-19-17-15-13-11-9-7-2/h9,11,15,17-18,20-21,23-24,26,28-31,52H,6-8,10,12-14,16,19,22,25,27,32-51H2,1-5H3/b11-9-,17-15-,20-18-,23-21-,26-24-,30-29-,31-28-. The van der Waals surface area contributed by atoms with Crippen LogP contribution in [0.1, 0.15) is 194 Å². The minimum absolute atomic E-state index is 0.0408. The van der Waals surface area contributed by atoms with Crippen LogP contribution in [0.15, 0.2) is 85.1 Å². The number of likely N-dealkylation sites (N-methyl/N-ethyl adjacent to an activating group) is 1. The summed E-state index contributed by atoms with van der Waals surface area (Å²) < 4.78 is 34.0. The molecule has 0 saturated heterocycles. The van der Waals surface area contributed by atoms with Gasteiger partial charge in [0.25, 0.3) is 7.82 Å². The number of phosphoric ester groups is 1. The first-order valence-corrected chi connectivity index (χ1v) is 26.8. The first-order chi connectivity index (χ1) is 31.0. The van der Waals surface area contributed by atoms with E-state index >= 15 is 0 Å². The van der Waals surface area contributed by atoms with Crippen molar-refractivity contribution in [1.29, 1.82) is 0 Å². The van der Waals surface area contributed by atoms with Crippen LogP contribution in [-0.4, -0.2) is 70.0 Å². The zero-order valence-electron chi connectivity index (χ0n) is 41.4. The fourth-order valence-corrected chi connectivity index (χ4v) is 7.20. The summed E-state index contributed by atoms with van der Waals surface area (Å²) in [4.78, 5) is 37.7. The Hall–Kier alpha value is -2.81. The van der Waals surface area contributed by atoms with Gasteiger partial charge in [0.15, 0.2) is 6.10 Å². The van der Waals surface area contributed by atoms with Gasteiger partial charge < -0.3 is 27.9 Å². The van der Waals surface area contributed by atoms with Crippen LogP contribution in [0.4, 0.5) is 0 Å². The number of ether oxygens (including phenoxy) is 2. The third kappa shape index (κ3) is 48.6. The third-order valence-electron chi connectivity index (χ3n) is 10.4. The molecule has 0 aliphatic rings. The molecule has 0 radical (unpaired) electrons. The number of quaternary nitrogens is 1. The third-order valence-corrected chi connectivity index (χ3v) is 11.4. The summed E-state index contributed by atoms with van der Waals surface area (Å²) in [6.07, 6.45) is 58.9. The van der Waals surface area contributed by atoms with Gasteiger partial charge >= 0.3 is 11.9 Å². The van der Waals surface area contributed by atoms with Crippen LogP contribution in [0, 0.1) is 0 Å². The van der Waals surface area contributed by atoms with Gasteiger partial charge in [-0.25, -0.2) is 0 Å². The molecule has 2 atom stereocenters. The van der Waals surface area contributed by atoms with Gasteiger partial charge in [-0.15, -0.1) is 0 Å². The molecule has 368 valence electrons. The van der Waals surface area contributed by atoms with E-state index in [4.69, 9.17) is 18.5 Å². The highest BCUT2D eigenvalue weighted by Crippen LogP contribution is 2.38. The first kappa shape index (κ1) is 61.2. The van der Waals surface area contributed by atoms with E-state index in [1.807, 2.05) is 21.1 Å². The normalized spacial score (nSPS) is 14.2. The van der Waals surface area contributed by atoms with Crippen LogP contribution < -0.4 is 4.89 Å². The van der Waals surface area contributed by atoms with E-state index < -0.39 is 32.5 Å². The Bertz CT molecular complexity index is 1360. The van der Waals surface area contributed by atoms with Crippen molar-refractivity contribution in [2.75, 3.05) is 47.5 Å². The topological polar surface area (TPSA) is 111 Å². The Kier molecular flexibility index (Phi) is 43.4. The largest absolute Gasteiger partial charge is 0.756 e. The molecule has 0 heterocycles. The summed E-state index contributed by atoms with van der Waals surface area (Å²) in [5.74, 6) is -0.870. The molecule has 0 aromatic rings. The van der Waals surface area contributed by atoms with Crippen molar-refractivity contribution in [3.8, 4) is 0 Å². The SMILES string of the molecule is CC/C=C\C/C=C\C/C=C\C/C=C\CCCCCCCCC(=O)OC(COC(=O)CCCCCCCC/C=C\C/C=C\C/C=C\CCCCCCC)COP(=O)([O-])OCC[N+](C)(C)C. The summed E-state index contributed by atoms with van der Waals surface area (Å²) in [7, 11) is 1.13. The van der Waals surface area contributed by atoms with Crippen LogP contribution in [-0.2, 0) is 32.7 Å². The number of rotatable bonds is 45. The van der Waals surface area contributed by atoms with Crippen LogP contribution in [0.3, 0.4) is 0 Å². The lowest BCUT2D eigenvalue weighted by atomic mass is 10.1. The maximum atomic E-state index is 12.7. The summed E-state index contributed by atoms with van der Waals surface area (Å²) >= 11 is 0. The number of allylic oxidation sites excluding steroid dienone is 14. The van der Waals surface area contributed by atoms with E-state index in [2.05, 4.69) is 98.9 Å². The lowest BCUT2D eigenvalue weighted by Gasteiger charge is -2.28. The van der Waals surface area contributed by atoms with Gasteiger partial charge in [0.05, 0.1) is 27.7 Å². The average Bonchev–Trinajstić information content (AvgIpc) is 3.25. The first-order valence-electron chi connectivity index (χ1n) is 25.3. The predicted molar refractivity (Wildman–Crippen MR) is 268 cm³/mol. The second kappa shape index (κ2) is 45.4. The van der Waals surface area contributed by atoms with Gasteiger partial charge in [-0.05, 0) is 89.9 Å². The second-order valence-electron chi connectivity index (χ2n) is 17.8. The Morgan fingerprint density at radius 2 is 0.891 bits per heavy atom. The fourth-order valence-electron chi connectivity index (χ4n) is 6.48. The molecule has 64 heavy (non-hydrogen) atoms. The second-order valence-corrected chi connectivity index (χ2v) is 19.2. The molecule has 9 nitrogen and oxygen atoms in total. The van der Waals surface area contributed by atoms with Gasteiger partial charge in [0.1, 0.15) is 19.8 Å². The van der Waals surface area contributed by atoms with Gasteiger partial charge in [-0.3, -0.25) is 14.2 Å². The number of carbonyl (C=O) groups is 2. The van der Waals surface area contributed by atoms with Crippen molar-refractivity contribution in [1.82, 2.24) is 0 Å². The van der Waals surface area contributed by atoms with Crippen LogP contribution >= 0.6 is 7.82 Å². The van der Waals surface area contributed by atoms with Crippen molar-refractivity contribution in [3.05, 3.63) is 85.1 Å². The zero-order valence-corrected chi connectivity index (χ0v) is 42.3. The van der Waals surface area contributed by atoms with E-state index in [0.29, 0.717) is 23.9 Å². The highest BCUT2D eigenvalue weighted by molar-refractivity contribution is 7.45. The van der Waals surface area contributed by atoms with Crippen LogP contribution in [0.2, 0.25) is 0 Å². The molecular formula is C54H94NO8P. The quantitative estimate of drug-likeness (QED) is 0.0195. The van der Waals surface area contributed by atoms with Crippen molar-refractivity contribution in [2.45, 2.75) is 200 Å². The van der Waals surface area contributed by atoms with E-state index in [9.17, 15) is 19.0 Å². The maximum absolute atomic E-state index is 12.7. The Labute approximate surface area is 392 Å². The van der Waals surface area contributed by atoms with E-state index in [1.54, 1.807) is 0 Å². The average molecular weight is 916 g/mol. The molecule has 0 aromatic carbocycles. The van der Waals surface area contributed by atoms with E-state index in [1.165, 1.54) is 38.5 Å². The molecule has 0 spiro atoms. The minimum atomic E-state index is -4.64. The molecule has 0 rings (SSSR count). The molecule has 0 bridgehead atoms. The van der Waals surface area contributed by atoms with Gasteiger partial charge in [-0.1, -0.05) is 176 Å². The molecule has 2 unspecified atom stereocenters. The molecule has 0 N–H and O–H groups in total. The Balaban J connectivity index is 4.34. The van der Waals surface area contributed by atoms with E-state index in [0.717, 1.165) is 116 Å². The zero-order chi connectivity index (χ0) is 47.1. The summed E-state index contributed by atoms with van der Waals surface area (Å²) in [5, 5.41) is 0. The monoisotopic (exact) mass is 916 g/mol.